The maximum Gasteiger partial charge on any atom is 0.293 e. The number of carbonyl (C=O) groups excluding carboxylic acids is 2. The number of methoxy groups -OCH3 is 1. The van der Waals surface area contributed by atoms with Crippen LogP contribution in [-0.4, -0.2) is 31.5 Å². The monoisotopic (exact) mass is 534 g/mol. The molecule has 0 atom stereocenters. The lowest BCUT2D eigenvalue weighted by atomic mass is 10.1. The van der Waals surface area contributed by atoms with Crippen molar-refractivity contribution < 1.29 is 32.6 Å². The average molecular weight is 535 g/mol. The third kappa shape index (κ3) is 6.89. The van der Waals surface area contributed by atoms with Crippen molar-refractivity contribution in [1.82, 2.24) is 10.3 Å². The topological polar surface area (TPSA) is 86.8 Å². The van der Waals surface area contributed by atoms with Gasteiger partial charge in [0.2, 0.25) is 0 Å². The maximum absolute atomic E-state index is 14.3. The Labute approximate surface area is 214 Å². The fraction of sp³-hybridized carbons (Fsp3) is 0.160. The summed E-state index contributed by atoms with van der Waals surface area (Å²) in [6.45, 7) is 0.715. The van der Waals surface area contributed by atoms with E-state index in [0.29, 0.717) is 23.1 Å². The first kappa shape index (κ1) is 26.8. The molecule has 4 aromatic rings. The van der Waals surface area contributed by atoms with E-state index in [0.717, 1.165) is 33.7 Å². The van der Waals surface area contributed by atoms with Gasteiger partial charge in [-0.2, -0.15) is 0 Å². The van der Waals surface area contributed by atoms with Crippen molar-refractivity contribution in [2.24, 2.45) is 0 Å². The largest absolute Gasteiger partial charge is 0.497 e. The number of halogens is 3. The van der Waals surface area contributed by atoms with Gasteiger partial charge in [0.15, 0.2) is 11.6 Å². The molecule has 36 heavy (non-hydrogen) atoms. The van der Waals surface area contributed by atoms with Crippen LogP contribution in [0, 0.1) is 11.6 Å². The zero-order valence-electron chi connectivity index (χ0n) is 19.2. The molecule has 1 aromatic heterocycles. The Morgan fingerprint density at radius 2 is 1.94 bits per heavy atom. The Morgan fingerprint density at radius 1 is 1.14 bits per heavy atom. The van der Waals surface area contributed by atoms with Crippen LogP contribution in [0.15, 0.2) is 54.6 Å². The Morgan fingerprint density at radius 3 is 2.67 bits per heavy atom. The molecule has 188 valence electrons. The number of aromatic nitrogens is 1. The zero-order valence-corrected chi connectivity index (χ0v) is 20.8. The number of hydrogen-bond acceptors (Lipinski definition) is 7. The van der Waals surface area contributed by atoms with Crippen molar-refractivity contribution in [2.75, 3.05) is 14.2 Å². The molecule has 0 saturated carbocycles. The molecular formula is C25H21ClF2N2O5S. The minimum absolute atomic E-state index is 0.00724. The van der Waals surface area contributed by atoms with Crippen LogP contribution in [0.4, 0.5) is 8.78 Å². The third-order valence-corrected chi connectivity index (χ3v) is 5.95. The lowest BCUT2D eigenvalue weighted by Gasteiger charge is -2.09. The Kier molecular flexibility index (Phi) is 9.54. The lowest BCUT2D eigenvalue weighted by Crippen LogP contribution is -2.21. The fourth-order valence-corrected chi connectivity index (χ4v) is 4.05. The van der Waals surface area contributed by atoms with E-state index >= 15 is 0 Å². The highest BCUT2D eigenvalue weighted by atomic mass is 35.5. The van der Waals surface area contributed by atoms with E-state index < -0.39 is 23.1 Å². The molecule has 1 N–H and O–H groups in total. The van der Waals surface area contributed by atoms with E-state index in [2.05, 4.69) is 15.0 Å². The van der Waals surface area contributed by atoms with Gasteiger partial charge in [-0.1, -0.05) is 23.7 Å². The van der Waals surface area contributed by atoms with E-state index in [1.54, 1.807) is 19.2 Å². The minimum atomic E-state index is -1.04. The van der Waals surface area contributed by atoms with Gasteiger partial charge < -0.3 is 19.5 Å². The quantitative estimate of drug-likeness (QED) is 0.299. The summed E-state index contributed by atoms with van der Waals surface area (Å²) in [5, 5.41) is 3.37. The maximum atomic E-state index is 14.3. The third-order valence-electron chi connectivity index (χ3n) is 4.71. The molecule has 7 nitrogen and oxygen atoms in total. The van der Waals surface area contributed by atoms with Crippen LogP contribution in [0.3, 0.4) is 0 Å². The van der Waals surface area contributed by atoms with Crippen molar-refractivity contribution in [1.29, 1.82) is 0 Å². The SMILES string of the molecule is CNC(=O)c1c(F)ccc(OCc2nc3cc(Cl)ccc3s2)c1F.COc1cccc(COC=O)c1. The molecule has 4 rings (SSSR count). The van der Waals surface area contributed by atoms with E-state index in [1.165, 1.54) is 18.4 Å². The number of ether oxygens (including phenoxy) is 3. The van der Waals surface area contributed by atoms with Gasteiger partial charge in [-0.3, -0.25) is 9.59 Å². The van der Waals surface area contributed by atoms with Gasteiger partial charge in [-0.25, -0.2) is 13.8 Å². The predicted octanol–water partition coefficient (Wildman–Crippen LogP) is 5.53. The Bertz CT molecular complexity index is 1370. The minimum Gasteiger partial charge on any atom is -0.497 e. The summed E-state index contributed by atoms with van der Waals surface area (Å²) in [5.41, 5.74) is 0.962. The molecule has 1 heterocycles. The van der Waals surface area contributed by atoms with Crippen molar-refractivity contribution in [3.8, 4) is 11.5 Å². The Hall–Kier alpha value is -3.76. The van der Waals surface area contributed by atoms with Crippen LogP contribution in [0.5, 0.6) is 11.5 Å². The van der Waals surface area contributed by atoms with Gasteiger partial charge in [0.05, 0.1) is 17.3 Å². The van der Waals surface area contributed by atoms with Crippen molar-refractivity contribution in [3.05, 3.63) is 87.4 Å². The van der Waals surface area contributed by atoms with Crippen LogP contribution >= 0.6 is 22.9 Å². The summed E-state index contributed by atoms with van der Waals surface area (Å²) >= 11 is 7.29. The first-order chi connectivity index (χ1) is 17.4. The van der Waals surface area contributed by atoms with E-state index in [9.17, 15) is 18.4 Å². The molecular weight excluding hydrogens is 514 g/mol. The number of nitrogens with zero attached hydrogens (tertiary/aromatic N) is 1. The first-order valence-corrected chi connectivity index (χ1v) is 11.6. The first-order valence-electron chi connectivity index (χ1n) is 10.4. The van der Waals surface area contributed by atoms with Gasteiger partial charge in [-0.15, -0.1) is 11.3 Å². The normalized spacial score (nSPS) is 10.2. The molecule has 0 bridgehead atoms. The van der Waals surface area contributed by atoms with Crippen LogP contribution in [0.25, 0.3) is 10.2 Å². The predicted molar refractivity (Wildman–Crippen MR) is 133 cm³/mol. The van der Waals surface area contributed by atoms with E-state index in [1.807, 2.05) is 30.3 Å². The van der Waals surface area contributed by atoms with Crippen LogP contribution < -0.4 is 14.8 Å². The highest BCUT2D eigenvalue weighted by molar-refractivity contribution is 7.18. The summed E-state index contributed by atoms with van der Waals surface area (Å²) in [4.78, 5) is 25.8. The second-order valence-electron chi connectivity index (χ2n) is 7.08. The number of benzene rings is 3. The van der Waals surface area contributed by atoms with Gasteiger partial charge in [-0.05, 0) is 48.0 Å². The number of thiazole rings is 1. The van der Waals surface area contributed by atoms with Crippen LogP contribution in [0.2, 0.25) is 5.02 Å². The number of carbonyl (C=O) groups is 2. The molecule has 0 radical (unpaired) electrons. The van der Waals surface area contributed by atoms with E-state index in [4.69, 9.17) is 21.1 Å². The zero-order chi connectivity index (χ0) is 26.1. The number of amides is 1. The summed E-state index contributed by atoms with van der Waals surface area (Å²) in [5.74, 6) is -2.30. The Balaban J connectivity index is 0.000000253. The fourth-order valence-electron chi connectivity index (χ4n) is 3.02. The van der Waals surface area contributed by atoms with Gasteiger partial charge in [0.1, 0.15) is 35.4 Å². The van der Waals surface area contributed by atoms with Gasteiger partial charge in [0, 0.05) is 12.1 Å². The summed E-state index contributed by atoms with van der Waals surface area (Å²) in [6.07, 6.45) is 0. The number of fused-ring (bicyclic) bond motifs is 1. The van der Waals surface area contributed by atoms with E-state index in [-0.39, 0.29) is 12.4 Å². The molecule has 0 unspecified atom stereocenters. The molecule has 0 spiro atoms. The molecule has 11 heteroatoms. The van der Waals surface area contributed by atoms with Crippen LogP contribution in [0.1, 0.15) is 20.9 Å². The molecule has 0 aliphatic carbocycles. The van der Waals surface area contributed by atoms with Crippen molar-refractivity contribution in [2.45, 2.75) is 13.2 Å². The lowest BCUT2D eigenvalue weighted by molar-refractivity contribution is -0.129. The summed E-state index contributed by atoms with van der Waals surface area (Å²) < 4.78 is 43.8. The molecule has 1 amide bonds. The number of hydrogen-bond donors (Lipinski definition) is 1. The van der Waals surface area contributed by atoms with Crippen LogP contribution in [-0.2, 0) is 22.7 Å². The molecule has 3 aromatic carbocycles. The highest BCUT2D eigenvalue weighted by Crippen LogP contribution is 2.28. The molecule has 0 aliphatic rings. The average Bonchev–Trinajstić information content (AvgIpc) is 3.29. The summed E-state index contributed by atoms with van der Waals surface area (Å²) in [6, 6.07) is 14.8. The van der Waals surface area contributed by atoms with Crippen molar-refractivity contribution in [3.63, 3.8) is 0 Å². The molecule has 0 fully saturated rings. The standard InChI is InChI=1S/C16H11ClF2N2O2S.C9H10O3/c1-20-16(22)14-9(18)3-4-11(15(14)19)23-7-13-21-10-6-8(17)2-5-12(10)24-13;1-11-9-4-2-3-8(5-9)6-12-7-10/h2-6H,7H2,1H3,(H,20,22);2-5,7H,6H2,1H3. The van der Waals surface area contributed by atoms with Gasteiger partial charge in [0.25, 0.3) is 12.4 Å². The second kappa shape index (κ2) is 12.8. The number of rotatable bonds is 8. The molecule has 0 aliphatic heterocycles. The number of nitrogens with one attached hydrogen (secondary N) is 1. The van der Waals surface area contributed by atoms with Gasteiger partial charge >= 0.3 is 0 Å². The smallest absolute Gasteiger partial charge is 0.293 e. The summed E-state index contributed by atoms with van der Waals surface area (Å²) in [7, 11) is 2.89. The second-order valence-corrected chi connectivity index (χ2v) is 8.63. The van der Waals surface area contributed by atoms with Crippen molar-refractivity contribution >= 4 is 45.5 Å². The highest BCUT2D eigenvalue weighted by Gasteiger charge is 2.20. The molecule has 0 saturated heterocycles.